The summed E-state index contributed by atoms with van der Waals surface area (Å²) in [5, 5.41) is 0. The summed E-state index contributed by atoms with van der Waals surface area (Å²) in [6.07, 6.45) is 0. The van der Waals surface area contributed by atoms with Crippen molar-refractivity contribution in [3.05, 3.63) is 23.4 Å². The molecule has 2 heterocycles. The quantitative estimate of drug-likeness (QED) is 0.833. The van der Waals surface area contributed by atoms with E-state index in [1.807, 2.05) is 6.92 Å². The molecule has 112 valence electrons. The summed E-state index contributed by atoms with van der Waals surface area (Å²) < 4.78 is 5.51. The number of thioether (sulfide) groups is 1. The molecule has 0 bridgehead atoms. The molecule has 0 N–H and O–H groups in total. The lowest BCUT2D eigenvalue weighted by molar-refractivity contribution is 0.254. The molecular formula is C16H26N2OS. The van der Waals surface area contributed by atoms with Crippen LogP contribution in [0.2, 0.25) is 0 Å². The van der Waals surface area contributed by atoms with Crippen LogP contribution in [0.15, 0.2) is 12.1 Å². The highest BCUT2D eigenvalue weighted by atomic mass is 32.2. The van der Waals surface area contributed by atoms with Gasteiger partial charge < -0.3 is 9.64 Å². The van der Waals surface area contributed by atoms with Crippen molar-refractivity contribution in [1.29, 1.82) is 0 Å². The number of nitrogens with zero attached hydrogens (tertiary/aromatic N) is 2. The van der Waals surface area contributed by atoms with Gasteiger partial charge in [0.1, 0.15) is 0 Å². The van der Waals surface area contributed by atoms with E-state index in [1.165, 1.54) is 30.2 Å². The van der Waals surface area contributed by atoms with Gasteiger partial charge in [0.05, 0.1) is 7.11 Å². The minimum absolute atomic E-state index is 0.487. The second-order valence-electron chi connectivity index (χ2n) is 5.81. The van der Waals surface area contributed by atoms with Crippen molar-refractivity contribution in [2.45, 2.75) is 26.7 Å². The summed E-state index contributed by atoms with van der Waals surface area (Å²) in [4.78, 5) is 7.13. The maximum absolute atomic E-state index is 5.51. The lowest BCUT2D eigenvalue weighted by Gasteiger charge is -2.32. The predicted molar refractivity (Wildman–Crippen MR) is 86.9 cm³/mol. The number of aromatic nitrogens is 1. The van der Waals surface area contributed by atoms with Gasteiger partial charge in [-0.1, -0.05) is 19.9 Å². The first-order valence-corrected chi connectivity index (χ1v) is 8.59. The van der Waals surface area contributed by atoms with E-state index in [0.29, 0.717) is 11.8 Å². The van der Waals surface area contributed by atoms with E-state index in [2.05, 4.69) is 47.6 Å². The molecule has 0 amide bonds. The minimum Gasteiger partial charge on any atom is -0.481 e. The lowest BCUT2D eigenvalue weighted by atomic mass is 9.88. The van der Waals surface area contributed by atoms with E-state index in [0.717, 1.165) is 18.1 Å². The molecule has 0 spiro atoms. The zero-order chi connectivity index (χ0) is 14.5. The Labute approximate surface area is 127 Å². The first-order valence-electron chi connectivity index (χ1n) is 7.43. The smallest absolute Gasteiger partial charge is 0.216 e. The molecule has 1 aliphatic heterocycles. The predicted octanol–water partition coefficient (Wildman–Crippen LogP) is 3.19. The van der Waals surface area contributed by atoms with Crippen LogP contribution in [0.1, 0.15) is 31.0 Å². The second kappa shape index (κ2) is 7.32. The third-order valence-corrected chi connectivity index (χ3v) is 4.93. The first-order chi connectivity index (χ1) is 9.61. The van der Waals surface area contributed by atoms with Gasteiger partial charge in [0.2, 0.25) is 5.88 Å². The number of methoxy groups -OCH3 is 1. The molecular weight excluding hydrogens is 268 g/mol. The van der Waals surface area contributed by atoms with Crippen molar-refractivity contribution in [1.82, 2.24) is 9.88 Å². The summed E-state index contributed by atoms with van der Waals surface area (Å²) in [6.45, 7) is 10.1. The van der Waals surface area contributed by atoms with Crippen LogP contribution in [0.3, 0.4) is 0 Å². The van der Waals surface area contributed by atoms with Crippen LogP contribution in [-0.2, 0) is 0 Å². The lowest BCUT2D eigenvalue weighted by Crippen LogP contribution is -2.37. The molecule has 2 rings (SSSR count). The Morgan fingerprint density at radius 1 is 1.30 bits per heavy atom. The standard InChI is InChI=1S/C16H26N2OS/c1-12(2)15(11-18-7-9-20-10-8-18)14-6-5-13(3)17-16(14)19-4/h5-6,12,15H,7-11H2,1-4H3. The van der Waals surface area contributed by atoms with Crippen LogP contribution < -0.4 is 4.74 Å². The molecule has 1 aliphatic rings. The van der Waals surface area contributed by atoms with E-state index in [1.54, 1.807) is 7.11 Å². The zero-order valence-electron chi connectivity index (χ0n) is 13.1. The summed E-state index contributed by atoms with van der Waals surface area (Å²) in [5.74, 6) is 4.39. The molecule has 4 heteroatoms. The second-order valence-corrected chi connectivity index (χ2v) is 7.04. The van der Waals surface area contributed by atoms with Gasteiger partial charge in [-0.15, -0.1) is 0 Å². The Hall–Kier alpha value is -0.740. The molecule has 1 aromatic rings. The fourth-order valence-corrected chi connectivity index (χ4v) is 3.70. The van der Waals surface area contributed by atoms with E-state index < -0.39 is 0 Å². The highest BCUT2D eigenvalue weighted by Crippen LogP contribution is 2.32. The Kier molecular flexibility index (Phi) is 5.73. The maximum atomic E-state index is 5.51. The average molecular weight is 294 g/mol. The molecule has 0 aliphatic carbocycles. The van der Waals surface area contributed by atoms with Crippen molar-refractivity contribution in [2.75, 3.05) is 38.2 Å². The topological polar surface area (TPSA) is 25.4 Å². The minimum atomic E-state index is 0.487. The van der Waals surface area contributed by atoms with Gasteiger partial charge in [0, 0.05) is 48.3 Å². The van der Waals surface area contributed by atoms with E-state index in [-0.39, 0.29) is 0 Å². The van der Waals surface area contributed by atoms with E-state index in [4.69, 9.17) is 4.74 Å². The molecule has 1 atom stereocenters. The molecule has 1 unspecified atom stereocenters. The Morgan fingerprint density at radius 2 is 2.00 bits per heavy atom. The fourth-order valence-electron chi connectivity index (χ4n) is 2.72. The van der Waals surface area contributed by atoms with Crippen molar-refractivity contribution < 1.29 is 4.74 Å². The highest BCUT2D eigenvalue weighted by molar-refractivity contribution is 7.99. The molecule has 0 aromatic carbocycles. The Bertz CT molecular complexity index is 430. The Morgan fingerprint density at radius 3 is 2.60 bits per heavy atom. The van der Waals surface area contributed by atoms with E-state index in [9.17, 15) is 0 Å². The normalized spacial score (nSPS) is 18.2. The summed E-state index contributed by atoms with van der Waals surface area (Å²) in [7, 11) is 1.72. The van der Waals surface area contributed by atoms with Gasteiger partial charge in [0.25, 0.3) is 0 Å². The van der Waals surface area contributed by atoms with Crippen LogP contribution in [0, 0.1) is 12.8 Å². The molecule has 1 fully saturated rings. The number of hydrogen-bond donors (Lipinski definition) is 0. The van der Waals surface area contributed by atoms with Crippen molar-refractivity contribution in [3.8, 4) is 5.88 Å². The van der Waals surface area contributed by atoms with Gasteiger partial charge in [-0.2, -0.15) is 11.8 Å². The number of ether oxygens (including phenoxy) is 1. The molecule has 0 radical (unpaired) electrons. The number of pyridine rings is 1. The summed E-state index contributed by atoms with van der Waals surface area (Å²) >= 11 is 2.06. The summed E-state index contributed by atoms with van der Waals surface area (Å²) in [5.41, 5.74) is 2.27. The van der Waals surface area contributed by atoms with Crippen molar-refractivity contribution in [2.24, 2.45) is 5.92 Å². The average Bonchev–Trinajstić information content (AvgIpc) is 2.46. The van der Waals surface area contributed by atoms with Gasteiger partial charge in [-0.05, 0) is 18.9 Å². The van der Waals surface area contributed by atoms with Gasteiger partial charge >= 0.3 is 0 Å². The van der Waals surface area contributed by atoms with Gasteiger partial charge in [-0.25, -0.2) is 4.98 Å². The third-order valence-electron chi connectivity index (χ3n) is 3.99. The van der Waals surface area contributed by atoms with Crippen LogP contribution in [0.4, 0.5) is 0 Å². The Balaban J connectivity index is 2.19. The van der Waals surface area contributed by atoms with Crippen molar-refractivity contribution >= 4 is 11.8 Å². The van der Waals surface area contributed by atoms with Crippen LogP contribution in [0.25, 0.3) is 0 Å². The number of rotatable bonds is 5. The third kappa shape index (κ3) is 3.89. The molecule has 3 nitrogen and oxygen atoms in total. The maximum Gasteiger partial charge on any atom is 0.216 e. The fraction of sp³-hybridized carbons (Fsp3) is 0.688. The number of aryl methyl sites for hydroxylation is 1. The van der Waals surface area contributed by atoms with Crippen LogP contribution in [0.5, 0.6) is 5.88 Å². The molecule has 20 heavy (non-hydrogen) atoms. The van der Waals surface area contributed by atoms with Crippen molar-refractivity contribution in [3.63, 3.8) is 0 Å². The first kappa shape index (κ1) is 15.6. The highest BCUT2D eigenvalue weighted by Gasteiger charge is 2.24. The SMILES string of the molecule is COc1nc(C)ccc1C(CN1CCSCC1)C(C)C. The molecule has 1 aromatic heterocycles. The zero-order valence-corrected chi connectivity index (χ0v) is 13.9. The molecule has 1 saturated heterocycles. The largest absolute Gasteiger partial charge is 0.481 e. The van der Waals surface area contributed by atoms with E-state index >= 15 is 0 Å². The monoisotopic (exact) mass is 294 g/mol. The molecule has 0 saturated carbocycles. The van der Waals surface area contributed by atoms with Gasteiger partial charge in [0.15, 0.2) is 0 Å². The van der Waals surface area contributed by atoms with Gasteiger partial charge in [-0.3, -0.25) is 0 Å². The number of hydrogen-bond acceptors (Lipinski definition) is 4. The van der Waals surface area contributed by atoms with Crippen LogP contribution in [-0.4, -0.2) is 48.1 Å². The summed E-state index contributed by atoms with van der Waals surface area (Å²) in [6, 6.07) is 4.30. The van der Waals surface area contributed by atoms with Crippen LogP contribution >= 0.6 is 11.8 Å².